The fraction of sp³-hybridized carbons (Fsp3) is 0.409. The Labute approximate surface area is 172 Å². The number of aryl methyl sites for hydroxylation is 1. The van der Waals surface area contributed by atoms with Crippen molar-refractivity contribution in [3.8, 4) is 0 Å². The molecule has 29 heavy (non-hydrogen) atoms. The van der Waals surface area contributed by atoms with Crippen molar-refractivity contribution in [1.82, 2.24) is 4.31 Å². The van der Waals surface area contributed by atoms with Gasteiger partial charge >= 0.3 is 0 Å². The Bertz CT molecular complexity index is 997. The van der Waals surface area contributed by atoms with Gasteiger partial charge in [-0.05, 0) is 54.5 Å². The van der Waals surface area contributed by atoms with Crippen LogP contribution in [-0.2, 0) is 16.4 Å². The summed E-state index contributed by atoms with van der Waals surface area (Å²) in [5, 5.41) is 2.80. The molecule has 156 valence electrons. The van der Waals surface area contributed by atoms with Crippen molar-refractivity contribution < 1.29 is 17.6 Å². The normalized spacial score (nSPS) is 20.4. The quantitative estimate of drug-likeness (QED) is 0.787. The number of anilines is 1. The van der Waals surface area contributed by atoms with Crippen molar-refractivity contribution in [1.29, 1.82) is 0 Å². The predicted molar refractivity (Wildman–Crippen MR) is 112 cm³/mol. The van der Waals surface area contributed by atoms with Crippen molar-refractivity contribution in [3.05, 3.63) is 59.4 Å². The van der Waals surface area contributed by atoms with Crippen LogP contribution in [0.15, 0.2) is 47.4 Å². The van der Waals surface area contributed by atoms with Crippen LogP contribution in [-0.4, -0.2) is 31.7 Å². The molecule has 0 radical (unpaired) electrons. The number of para-hydroxylation sites is 1. The maximum absolute atomic E-state index is 14.5. The molecule has 1 saturated heterocycles. The van der Waals surface area contributed by atoms with E-state index in [-0.39, 0.29) is 17.4 Å². The smallest absolute Gasteiger partial charge is 0.255 e. The first-order valence-electron chi connectivity index (χ1n) is 9.91. The first-order chi connectivity index (χ1) is 13.7. The van der Waals surface area contributed by atoms with Crippen LogP contribution in [0.5, 0.6) is 0 Å². The molecule has 2 atom stereocenters. The highest BCUT2D eigenvalue weighted by molar-refractivity contribution is 7.89. The highest BCUT2D eigenvalue weighted by Gasteiger charge is 2.33. The number of sulfonamides is 1. The molecular formula is C22H27FN2O3S. The fourth-order valence-electron chi connectivity index (χ4n) is 3.93. The summed E-state index contributed by atoms with van der Waals surface area (Å²) in [6.45, 7) is 6.67. The molecule has 1 N–H and O–H groups in total. The second-order valence-corrected chi connectivity index (χ2v) is 9.78. The molecule has 5 nitrogen and oxygen atoms in total. The van der Waals surface area contributed by atoms with Gasteiger partial charge in [-0.15, -0.1) is 0 Å². The standard InChI is InChI=1S/C22H27FN2O3S/c1-4-17-7-5-6-8-20(17)24-22(26)18-9-10-19(23)21(12-18)29(27,28)25-13-15(2)11-16(3)14-25/h5-10,12,15-16H,4,11,13-14H2,1-3H3,(H,24,26)/t15-,16-/m1/s1. The van der Waals surface area contributed by atoms with E-state index < -0.39 is 26.6 Å². The average Bonchev–Trinajstić information content (AvgIpc) is 2.67. The van der Waals surface area contributed by atoms with E-state index in [1.165, 1.54) is 10.4 Å². The van der Waals surface area contributed by atoms with Crippen LogP contribution in [0.2, 0.25) is 0 Å². The van der Waals surface area contributed by atoms with E-state index in [1.807, 2.05) is 39.0 Å². The number of halogens is 1. The minimum atomic E-state index is -4.02. The second-order valence-electron chi connectivity index (χ2n) is 7.88. The minimum Gasteiger partial charge on any atom is -0.322 e. The van der Waals surface area contributed by atoms with E-state index >= 15 is 0 Å². The van der Waals surface area contributed by atoms with Crippen molar-refractivity contribution in [2.45, 2.75) is 38.5 Å². The van der Waals surface area contributed by atoms with Crippen molar-refractivity contribution in [3.63, 3.8) is 0 Å². The topological polar surface area (TPSA) is 66.5 Å². The Morgan fingerprint density at radius 2 is 1.79 bits per heavy atom. The zero-order valence-corrected chi connectivity index (χ0v) is 17.8. The average molecular weight is 419 g/mol. The van der Waals surface area contributed by atoms with Gasteiger partial charge in [-0.2, -0.15) is 4.31 Å². The van der Waals surface area contributed by atoms with Crippen LogP contribution in [0.3, 0.4) is 0 Å². The van der Waals surface area contributed by atoms with E-state index in [9.17, 15) is 17.6 Å². The second kappa shape index (κ2) is 8.63. The van der Waals surface area contributed by atoms with Gasteiger partial charge in [-0.25, -0.2) is 12.8 Å². The lowest BCUT2D eigenvalue weighted by atomic mass is 9.94. The molecule has 1 aliphatic rings. The molecule has 1 aliphatic heterocycles. The van der Waals surface area contributed by atoms with Gasteiger partial charge < -0.3 is 5.32 Å². The minimum absolute atomic E-state index is 0.106. The third kappa shape index (κ3) is 4.67. The molecule has 0 bridgehead atoms. The van der Waals surface area contributed by atoms with Gasteiger partial charge in [0.2, 0.25) is 10.0 Å². The summed E-state index contributed by atoms with van der Waals surface area (Å²) >= 11 is 0. The van der Waals surface area contributed by atoms with Crippen molar-refractivity contribution in [2.75, 3.05) is 18.4 Å². The van der Waals surface area contributed by atoms with Crippen LogP contribution in [0, 0.1) is 17.7 Å². The Morgan fingerprint density at radius 3 is 2.45 bits per heavy atom. The molecule has 0 aromatic heterocycles. The largest absolute Gasteiger partial charge is 0.322 e. The lowest BCUT2D eigenvalue weighted by Crippen LogP contribution is -2.42. The van der Waals surface area contributed by atoms with Crippen LogP contribution >= 0.6 is 0 Å². The number of hydrogen-bond donors (Lipinski definition) is 1. The molecule has 1 heterocycles. The van der Waals surface area contributed by atoms with Crippen LogP contribution in [0.1, 0.15) is 43.1 Å². The van der Waals surface area contributed by atoms with Crippen LogP contribution in [0.4, 0.5) is 10.1 Å². The molecule has 1 fully saturated rings. The number of hydrogen-bond acceptors (Lipinski definition) is 3. The van der Waals surface area contributed by atoms with E-state index in [1.54, 1.807) is 6.07 Å². The van der Waals surface area contributed by atoms with E-state index in [0.717, 1.165) is 30.5 Å². The number of nitrogens with zero attached hydrogens (tertiary/aromatic N) is 1. The Morgan fingerprint density at radius 1 is 1.14 bits per heavy atom. The Hall–Kier alpha value is -2.25. The molecule has 1 amide bonds. The summed E-state index contributed by atoms with van der Waals surface area (Å²) < 4.78 is 42.0. The maximum Gasteiger partial charge on any atom is 0.255 e. The third-order valence-electron chi connectivity index (χ3n) is 5.29. The van der Waals surface area contributed by atoms with Crippen molar-refractivity contribution in [2.24, 2.45) is 11.8 Å². The lowest BCUT2D eigenvalue weighted by Gasteiger charge is -2.34. The first kappa shape index (κ1) is 21.5. The SMILES string of the molecule is CCc1ccccc1NC(=O)c1ccc(F)c(S(=O)(=O)N2C[C@H](C)C[C@@H](C)C2)c1. The molecular weight excluding hydrogens is 391 g/mol. The van der Waals surface area contributed by atoms with E-state index in [2.05, 4.69) is 5.32 Å². The van der Waals surface area contributed by atoms with Crippen LogP contribution in [0.25, 0.3) is 0 Å². The highest BCUT2D eigenvalue weighted by atomic mass is 32.2. The van der Waals surface area contributed by atoms with Crippen LogP contribution < -0.4 is 5.32 Å². The molecule has 7 heteroatoms. The molecule has 0 spiro atoms. The number of carbonyl (C=O) groups excluding carboxylic acids is 1. The molecule has 2 aromatic carbocycles. The number of nitrogens with one attached hydrogen (secondary N) is 1. The summed E-state index contributed by atoms with van der Waals surface area (Å²) in [6, 6.07) is 10.9. The number of benzene rings is 2. The molecule has 0 unspecified atom stereocenters. The molecule has 2 aromatic rings. The summed E-state index contributed by atoms with van der Waals surface area (Å²) in [4.78, 5) is 12.3. The summed E-state index contributed by atoms with van der Waals surface area (Å²) in [5.74, 6) is -0.911. The molecule has 0 saturated carbocycles. The fourth-order valence-corrected chi connectivity index (χ4v) is 5.70. The molecule has 0 aliphatic carbocycles. The first-order valence-corrected chi connectivity index (χ1v) is 11.3. The van der Waals surface area contributed by atoms with Gasteiger partial charge in [-0.3, -0.25) is 4.79 Å². The van der Waals surface area contributed by atoms with Gasteiger partial charge in [0.05, 0.1) is 0 Å². The summed E-state index contributed by atoms with van der Waals surface area (Å²) in [5.41, 5.74) is 1.73. The van der Waals surface area contributed by atoms with Gasteiger partial charge in [0.15, 0.2) is 0 Å². The number of amides is 1. The Balaban J connectivity index is 1.90. The van der Waals surface area contributed by atoms with Gasteiger partial charge in [0.1, 0.15) is 10.7 Å². The maximum atomic E-state index is 14.5. The number of rotatable bonds is 5. The van der Waals surface area contributed by atoms with E-state index in [4.69, 9.17) is 0 Å². The Kier molecular flexibility index (Phi) is 6.39. The lowest BCUT2D eigenvalue weighted by molar-refractivity contribution is 0.102. The third-order valence-corrected chi connectivity index (χ3v) is 7.14. The number of carbonyl (C=O) groups is 1. The number of piperidine rings is 1. The monoisotopic (exact) mass is 418 g/mol. The highest BCUT2D eigenvalue weighted by Crippen LogP contribution is 2.28. The van der Waals surface area contributed by atoms with E-state index in [0.29, 0.717) is 18.8 Å². The summed E-state index contributed by atoms with van der Waals surface area (Å²) in [7, 11) is -4.02. The summed E-state index contributed by atoms with van der Waals surface area (Å²) in [6.07, 6.45) is 1.68. The van der Waals surface area contributed by atoms with Crippen molar-refractivity contribution >= 4 is 21.6 Å². The molecule has 3 rings (SSSR count). The zero-order valence-electron chi connectivity index (χ0n) is 17.0. The van der Waals surface area contributed by atoms with Gasteiger partial charge in [0.25, 0.3) is 5.91 Å². The zero-order chi connectivity index (χ0) is 21.2. The van der Waals surface area contributed by atoms with Gasteiger partial charge in [0, 0.05) is 24.3 Å². The predicted octanol–water partition coefficient (Wildman–Crippen LogP) is 4.31. The van der Waals surface area contributed by atoms with Gasteiger partial charge in [-0.1, -0.05) is 39.0 Å².